The van der Waals surface area contributed by atoms with Crippen molar-refractivity contribution in [1.29, 1.82) is 0 Å². The van der Waals surface area contributed by atoms with E-state index >= 15 is 0 Å². The number of amides is 4. The van der Waals surface area contributed by atoms with Gasteiger partial charge in [0.15, 0.2) is 5.78 Å². The van der Waals surface area contributed by atoms with Crippen LogP contribution in [0.25, 0.3) is 10.9 Å². The summed E-state index contributed by atoms with van der Waals surface area (Å²) >= 11 is 0. The van der Waals surface area contributed by atoms with E-state index in [0.717, 1.165) is 34.9 Å². The number of carbonyl (C=O) groups excluding carboxylic acids is 4. The number of hydrogen-bond acceptors (Lipinski definition) is 7. The Morgan fingerprint density at radius 2 is 1.74 bits per heavy atom. The number of carbonyl (C=O) groups is 4. The maximum atomic E-state index is 14.7. The summed E-state index contributed by atoms with van der Waals surface area (Å²) in [4.78, 5) is 77.9. The summed E-state index contributed by atoms with van der Waals surface area (Å²) < 4.78 is 18.2. The molecule has 54 heavy (non-hydrogen) atoms. The Morgan fingerprint density at radius 1 is 1.00 bits per heavy atom. The molecule has 1 aromatic heterocycles. The molecule has 3 N–H and O–H groups in total. The highest BCUT2D eigenvalue weighted by atomic mass is 31.2. The van der Waals surface area contributed by atoms with Crippen molar-refractivity contribution < 1.29 is 38.1 Å². The molecule has 4 aromatic rings. The minimum Gasteiger partial charge on any atom is -0.404 e. The second-order valence-electron chi connectivity index (χ2n) is 13.9. The number of nitrogens with zero attached hydrogens (tertiary/aromatic N) is 5. The van der Waals surface area contributed by atoms with Crippen molar-refractivity contribution in [1.82, 2.24) is 29.7 Å². The van der Waals surface area contributed by atoms with Gasteiger partial charge in [0.1, 0.15) is 18.0 Å². The number of para-hydroxylation sites is 1. The Hall–Kier alpha value is -5.27. The van der Waals surface area contributed by atoms with Crippen LogP contribution >= 0.6 is 7.82 Å². The van der Waals surface area contributed by atoms with Crippen LogP contribution in [-0.4, -0.2) is 89.6 Å². The average molecular weight is 755 g/mol. The average Bonchev–Trinajstić information content (AvgIpc) is 3.93. The fourth-order valence-corrected chi connectivity index (χ4v) is 7.92. The summed E-state index contributed by atoms with van der Waals surface area (Å²) in [5, 5.41) is 6.97. The molecule has 15 heteroatoms. The lowest BCUT2D eigenvalue weighted by atomic mass is 9.97. The van der Waals surface area contributed by atoms with Crippen LogP contribution in [0.3, 0.4) is 0 Å². The van der Waals surface area contributed by atoms with E-state index in [4.69, 9.17) is 4.52 Å². The first-order valence-electron chi connectivity index (χ1n) is 18.0. The number of hydrazine groups is 1. The molecular weight excluding hydrogens is 711 g/mol. The molecule has 282 valence electrons. The van der Waals surface area contributed by atoms with Crippen molar-refractivity contribution >= 4 is 42.4 Å². The van der Waals surface area contributed by atoms with Crippen molar-refractivity contribution in [2.45, 2.75) is 58.0 Å². The molecule has 0 spiro atoms. The van der Waals surface area contributed by atoms with Crippen LogP contribution in [0.1, 0.15) is 46.8 Å². The fraction of sp³-hybridized carbons (Fsp3) is 0.333. The molecule has 7 rings (SSSR count). The molecule has 4 amide bonds. The standard InChI is InChI=1S/C39H43N6O8P/c1-3-19-43-25-35(46)44-33(20-26-13-17-30(18-14-26)53-54(50,51)52)38(48)42(24-34(44)45(43)39(49)40-21-27-9-6-5-7-10-27)22-29-11-8-12-31-32(37(47)28-15-16-28)23-41(4-2)36(29)31/h3,5-14,17-18,23,28,33-34H,1,4,15-16,19-22,24-25H2,2H3,(H,40,49)(H2,50,51,52)/t33-,34-/m0/s1. The van der Waals surface area contributed by atoms with Crippen LogP contribution in [0.5, 0.6) is 5.75 Å². The molecular formula is C39H43N6O8P. The van der Waals surface area contributed by atoms with Gasteiger partial charge in [-0.25, -0.2) is 19.4 Å². The second-order valence-corrected chi connectivity index (χ2v) is 15.0. The van der Waals surface area contributed by atoms with Gasteiger partial charge in [0.2, 0.25) is 11.8 Å². The number of piperazine rings is 1. The first kappa shape index (κ1) is 37.1. The van der Waals surface area contributed by atoms with Crippen molar-refractivity contribution in [2.24, 2.45) is 5.92 Å². The number of fused-ring (bicyclic) bond motifs is 2. The van der Waals surface area contributed by atoms with E-state index in [1.54, 1.807) is 28.1 Å². The van der Waals surface area contributed by atoms with Crippen molar-refractivity contribution in [3.05, 3.63) is 114 Å². The molecule has 14 nitrogen and oxygen atoms in total. The second kappa shape index (κ2) is 15.2. The molecule has 2 saturated heterocycles. The maximum absolute atomic E-state index is 14.7. The van der Waals surface area contributed by atoms with Gasteiger partial charge in [0, 0.05) is 55.7 Å². The zero-order valence-corrected chi connectivity index (χ0v) is 30.8. The highest BCUT2D eigenvalue weighted by Crippen LogP contribution is 2.39. The molecule has 0 bridgehead atoms. The summed E-state index contributed by atoms with van der Waals surface area (Å²) in [6.45, 7) is 6.92. The largest absolute Gasteiger partial charge is 0.524 e. The predicted octanol–water partition coefficient (Wildman–Crippen LogP) is 4.46. The SMILES string of the molecule is C=CCN1CC(=O)N2[C@@H](Cc3ccc(OP(=O)(O)O)cc3)C(=O)N(Cc3cccc4c(C(=O)C5CC5)cn(CC)c34)C[C@@H]2N1C(=O)NCc1ccccc1. The third-order valence-corrected chi connectivity index (χ3v) is 10.6. The van der Waals surface area contributed by atoms with E-state index in [1.807, 2.05) is 66.2 Å². The third kappa shape index (κ3) is 7.69. The Balaban J connectivity index is 1.26. The van der Waals surface area contributed by atoms with Crippen LogP contribution in [-0.2, 0) is 40.2 Å². The minimum absolute atomic E-state index is 0.0135. The van der Waals surface area contributed by atoms with Gasteiger partial charge < -0.3 is 24.2 Å². The smallest absolute Gasteiger partial charge is 0.404 e. The number of benzene rings is 3. The molecule has 0 unspecified atom stereocenters. The lowest BCUT2D eigenvalue weighted by molar-refractivity contribution is -0.189. The van der Waals surface area contributed by atoms with Crippen LogP contribution in [0.15, 0.2) is 91.6 Å². The number of Topliss-reactive ketones (excluding diaryl/α,β-unsaturated/α-hetero) is 1. The van der Waals surface area contributed by atoms with E-state index in [0.29, 0.717) is 17.7 Å². The molecule has 3 heterocycles. The topological polar surface area (TPSA) is 165 Å². The Labute approximate surface area is 312 Å². The highest BCUT2D eigenvalue weighted by Gasteiger charge is 2.51. The number of aromatic nitrogens is 1. The van der Waals surface area contributed by atoms with Gasteiger partial charge in [0.25, 0.3) is 0 Å². The van der Waals surface area contributed by atoms with Gasteiger partial charge in [-0.05, 0) is 48.6 Å². The van der Waals surface area contributed by atoms with E-state index < -0.39 is 26.1 Å². The third-order valence-electron chi connectivity index (χ3n) is 10.1. The molecule has 3 aromatic carbocycles. The van der Waals surface area contributed by atoms with E-state index in [2.05, 4.69) is 11.9 Å². The Morgan fingerprint density at radius 3 is 2.41 bits per heavy atom. The number of nitrogens with one attached hydrogen (secondary N) is 1. The van der Waals surface area contributed by atoms with E-state index in [-0.39, 0.29) is 68.4 Å². The van der Waals surface area contributed by atoms with Crippen molar-refractivity contribution in [3.63, 3.8) is 0 Å². The maximum Gasteiger partial charge on any atom is 0.524 e. The van der Waals surface area contributed by atoms with Gasteiger partial charge in [-0.1, -0.05) is 66.7 Å². The summed E-state index contributed by atoms with van der Waals surface area (Å²) in [6, 6.07) is 19.7. The molecule has 2 aliphatic heterocycles. The van der Waals surface area contributed by atoms with Gasteiger partial charge in [-0.3, -0.25) is 24.2 Å². The summed E-state index contributed by atoms with van der Waals surface area (Å²) in [5.74, 6) is -0.537. The molecule has 0 radical (unpaired) electrons. The van der Waals surface area contributed by atoms with E-state index in [1.165, 1.54) is 22.0 Å². The monoisotopic (exact) mass is 754 g/mol. The van der Waals surface area contributed by atoms with Crippen LogP contribution in [0, 0.1) is 5.92 Å². The number of ketones is 1. The van der Waals surface area contributed by atoms with Gasteiger partial charge in [0.05, 0.1) is 18.6 Å². The lowest BCUT2D eigenvalue weighted by Crippen LogP contribution is -2.76. The quantitative estimate of drug-likeness (QED) is 0.102. The summed E-state index contributed by atoms with van der Waals surface area (Å²) in [6.07, 6.45) is 4.47. The van der Waals surface area contributed by atoms with Gasteiger partial charge in [-0.2, -0.15) is 0 Å². The van der Waals surface area contributed by atoms with Crippen LogP contribution in [0.2, 0.25) is 0 Å². The molecule has 1 saturated carbocycles. The molecule has 1 aliphatic carbocycles. The first-order valence-corrected chi connectivity index (χ1v) is 19.5. The molecule has 3 fully saturated rings. The number of hydrogen-bond donors (Lipinski definition) is 3. The first-order chi connectivity index (χ1) is 26.0. The highest BCUT2D eigenvalue weighted by molar-refractivity contribution is 7.46. The lowest BCUT2D eigenvalue weighted by Gasteiger charge is -2.55. The van der Waals surface area contributed by atoms with Crippen LogP contribution in [0.4, 0.5) is 4.79 Å². The van der Waals surface area contributed by atoms with Crippen molar-refractivity contribution in [3.8, 4) is 5.75 Å². The Bertz CT molecular complexity index is 2130. The number of phosphoric acid groups is 1. The number of rotatable bonds is 13. The zero-order chi connectivity index (χ0) is 38.1. The molecule has 3 aliphatic rings. The van der Waals surface area contributed by atoms with Crippen molar-refractivity contribution in [2.75, 3.05) is 19.6 Å². The zero-order valence-electron chi connectivity index (χ0n) is 29.9. The number of aryl methyl sites for hydroxylation is 1. The van der Waals surface area contributed by atoms with Gasteiger partial charge >= 0.3 is 13.9 Å². The molecule has 2 atom stereocenters. The number of phosphoric ester groups is 1. The summed E-state index contributed by atoms with van der Waals surface area (Å²) in [5.41, 5.74) is 3.87. The predicted molar refractivity (Wildman–Crippen MR) is 200 cm³/mol. The fourth-order valence-electron chi connectivity index (χ4n) is 7.53. The Kier molecular flexibility index (Phi) is 10.5. The minimum atomic E-state index is -4.79. The summed E-state index contributed by atoms with van der Waals surface area (Å²) in [7, 11) is -4.79. The van der Waals surface area contributed by atoms with Crippen LogP contribution < -0.4 is 9.84 Å². The van der Waals surface area contributed by atoms with E-state index in [9.17, 15) is 33.5 Å². The normalized spacial score (nSPS) is 19.2. The number of urea groups is 1. The van der Waals surface area contributed by atoms with Gasteiger partial charge in [-0.15, -0.1) is 6.58 Å².